The van der Waals surface area contributed by atoms with Gasteiger partial charge in [-0.3, -0.25) is 19.9 Å². The highest BCUT2D eigenvalue weighted by Gasteiger charge is 2.30. The van der Waals surface area contributed by atoms with Gasteiger partial charge >= 0.3 is 0 Å². The first kappa shape index (κ1) is 21.7. The topological polar surface area (TPSA) is 111 Å². The number of carbonyl (C=O) groups excluding carboxylic acids is 1. The summed E-state index contributed by atoms with van der Waals surface area (Å²) in [6, 6.07) is 10.7. The number of carbonyl (C=O) groups is 1. The van der Waals surface area contributed by atoms with Crippen LogP contribution >= 0.6 is 0 Å². The van der Waals surface area contributed by atoms with E-state index < -0.39 is 4.92 Å². The van der Waals surface area contributed by atoms with Crippen LogP contribution in [0, 0.1) is 27.8 Å². The minimum Gasteiger partial charge on any atom is -0.397 e. The fraction of sp³-hybridized carbons (Fsp3) is 0.333. The Morgan fingerprint density at radius 3 is 2.62 bits per heavy atom. The number of hydrogen-bond acceptors (Lipinski definition) is 5. The van der Waals surface area contributed by atoms with Crippen LogP contribution in [0.15, 0.2) is 48.7 Å². The Kier molecular flexibility index (Phi) is 6.03. The number of amides is 1. The second-order valence-electron chi connectivity index (χ2n) is 8.48. The normalized spacial score (nSPS) is 19.4. The maximum atomic E-state index is 13.8. The van der Waals surface area contributed by atoms with E-state index in [1.165, 1.54) is 24.3 Å². The van der Waals surface area contributed by atoms with Crippen molar-refractivity contribution in [2.45, 2.75) is 38.5 Å². The molecule has 1 heterocycles. The van der Waals surface area contributed by atoms with Crippen LogP contribution in [0.2, 0.25) is 0 Å². The molecule has 0 bridgehead atoms. The van der Waals surface area contributed by atoms with Crippen LogP contribution in [0.1, 0.15) is 44.1 Å². The summed E-state index contributed by atoms with van der Waals surface area (Å²) >= 11 is 0. The lowest BCUT2D eigenvalue weighted by Gasteiger charge is -2.32. The molecule has 1 unspecified atom stereocenters. The zero-order chi connectivity index (χ0) is 22.8. The highest BCUT2D eigenvalue weighted by Crippen LogP contribution is 2.41. The first-order valence-corrected chi connectivity index (χ1v) is 10.7. The van der Waals surface area contributed by atoms with Crippen molar-refractivity contribution in [3.8, 4) is 0 Å². The van der Waals surface area contributed by atoms with Crippen molar-refractivity contribution in [2.24, 2.45) is 11.8 Å². The second kappa shape index (κ2) is 8.90. The van der Waals surface area contributed by atoms with Crippen LogP contribution in [0.25, 0.3) is 10.9 Å². The molecule has 0 saturated heterocycles. The van der Waals surface area contributed by atoms with E-state index in [0.29, 0.717) is 11.6 Å². The van der Waals surface area contributed by atoms with Gasteiger partial charge in [0.15, 0.2) is 0 Å². The molecule has 1 aromatic heterocycles. The molecule has 0 aliphatic heterocycles. The Bertz CT molecular complexity index is 1180. The number of halogens is 1. The van der Waals surface area contributed by atoms with Crippen LogP contribution in [-0.4, -0.2) is 15.8 Å². The number of nitrogens with one attached hydrogen (secondary N) is 1. The smallest absolute Gasteiger partial charge is 0.271 e. The van der Waals surface area contributed by atoms with Crippen LogP contribution in [0.3, 0.4) is 0 Å². The van der Waals surface area contributed by atoms with Crippen molar-refractivity contribution >= 4 is 33.9 Å². The molecular weight excluding hydrogens is 411 g/mol. The summed E-state index contributed by atoms with van der Waals surface area (Å²) in [5, 5.41) is 14.5. The summed E-state index contributed by atoms with van der Waals surface area (Å²) < 4.78 is 13.8. The number of benzene rings is 2. The number of anilines is 2. The third-order valence-electron chi connectivity index (χ3n) is 6.57. The van der Waals surface area contributed by atoms with Gasteiger partial charge in [0.2, 0.25) is 5.91 Å². The molecule has 1 saturated carbocycles. The number of hydrogen-bond donors (Lipinski definition) is 2. The minimum absolute atomic E-state index is 0.115. The molecule has 7 nitrogen and oxygen atoms in total. The molecule has 1 aliphatic rings. The molecule has 0 radical (unpaired) electrons. The first-order chi connectivity index (χ1) is 15.3. The van der Waals surface area contributed by atoms with Gasteiger partial charge < -0.3 is 11.1 Å². The lowest BCUT2D eigenvalue weighted by Crippen LogP contribution is -2.29. The van der Waals surface area contributed by atoms with Gasteiger partial charge in [-0.1, -0.05) is 6.92 Å². The monoisotopic (exact) mass is 436 g/mol. The molecule has 2 aromatic carbocycles. The molecule has 1 fully saturated rings. The predicted octanol–water partition coefficient (Wildman–Crippen LogP) is 5.41. The van der Waals surface area contributed by atoms with E-state index in [9.17, 15) is 19.3 Å². The zero-order valence-corrected chi connectivity index (χ0v) is 17.8. The van der Waals surface area contributed by atoms with Gasteiger partial charge in [0.05, 0.1) is 21.8 Å². The van der Waals surface area contributed by atoms with Crippen LogP contribution in [0.4, 0.5) is 21.5 Å². The van der Waals surface area contributed by atoms with E-state index in [1.54, 1.807) is 18.3 Å². The third-order valence-corrected chi connectivity index (χ3v) is 6.57. The molecule has 3 N–H and O–H groups in total. The predicted molar refractivity (Wildman–Crippen MR) is 122 cm³/mol. The van der Waals surface area contributed by atoms with Crippen molar-refractivity contribution in [1.29, 1.82) is 0 Å². The Balaban J connectivity index is 1.41. The summed E-state index contributed by atoms with van der Waals surface area (Å²) in [5.41, 5.74) is 8.21. The van der Waals surface area contributed by atoms with Crippen molar-refractivity contribution in [2.75, 3.05) is 11.1 Å². The van der Waals surface area contributed by atoms with Gasteiger partial charge in [-0.15, -0.1) is 0 Å². The number of nitro groups is 1. The maximum Gasteiger partial charge on any atom is 0.271 e. The number of nitrogens with two attached hydrogens (primary N) is 1. The highest BCUT2D eigenvalue weighted by molar-refractivity contribution is 5.95. The molecule has 1 amide bonds. The molecule has 8 heteroatoms. The zero-order valence-electron chi connectivity index (χ0n) is 17.8. The Morgan fingerprint density at radius 2 is 1.94 bits per heavy atom. The molecule has 32 heavy (non-hydrogen) atoms. The summed E-state index contributed by atoms with van der Waals surface area (Å²) in [6.07, 6.45) is 5.36. The fourth-order valence-electron chi connectivity index (χ4n) is 4.66. The SMILES string of the molecule is CC(C(=O)Nc1ccc([N+](=O)[O-])cc1N)C1CCC(c2ccnc3ccc(F)cc23)CC1. The van der Waals surface area contributed by atoms with E-state index in [0.717, 1.165) is 42.1 Å². The highest BCUT2D eigenvalue weighted by atomic mass is 19.1. The standard InChI is InChI=1S/C24H25FN4O3/c1-14(24(30)28-23-9-7-18(29(31)32)13-21(23)26)15-2-4-16(5-3-15)19-10-11-27-22-8-6-17(25)12-20(19)22/h6-16H,2-5,26H2,1H3,(H,28,30). The lowest BCUT2D eigenvalue weighted by molar-refractivity contribution is -0.384. The molecule has 1 aliphatic carbocycles. The average molecular weight is 436 g/mol. The molecule has 4 rings (SSSR count). The second-order valence-corrected chi connectivity index (χ2v) is 8.48. The van der Waals surface area contributed by atoms with Crippen molar-refractivity contribution < 1.29 is 14.1 Å². The molecule has 1 atom stereocenters. The summed E-state index contributed by atoms with van der Waals surface area (Å²) in [5.74, 6) is -0.117. The summed E-state index contributed by atoms with van der Waals surface area (Å²) in [4.78, 5) is 27.5. The number of pyridine rings is 1. The van der Waals surface area contributed by atoms with Gasteiger partial charge in [0.1, 0.15) is 5.82 Å². The van der Waals surface area contributed by atoms with Crippen molar-refractivity contribution in [3.63, 3.8) is 0 Å². The minimum atomic E-state index is -0.524. The van der Waals surface area contributed by atoms with E-state index in [-0.39, 0.29) is 34.9 Å². The van der Waals surface area contributed by atoms with Crippen LogP contribution in [0.5, 0.6) is 0 Å². The number of non-ortho nitro benzene ring substituents is 1. The number of fused-ring (bicyclic) bond motifs is 1. The molecule has 166 valence electrons. The Labute approximate surface area is 185 Å². The van der Waals surface area contributed by atoms with E-state index in [2.05, 4.69) is 10.3 Å². The van der Waals surface area contributed by atoms with Crippen LogP contribution < -0.4 is 11.1 Å². The molecule has 0 spiro atoms. The summed E-state index contributed by atoms with van der Waals surface area (Å²) in [7, 11) is 0. The van der Waals surface area contributed by atoms with Gasteiger partial charge in [-0.05, 0) is 73.4 Å². The van der Waals surface area contributed by atoms with Gasteiger partial charge in [-0.2, -0.15) is 0 Å². The number of aromatic nitrogens is 1. The Hall–Kier alpha value is -3.55. The number of nitrogen functional groups attached to an aromatic ring is 1. The molecular formula is C24H25FN4O3. The van der Waals surface area contributed by atoms with Crippen molar-refractivity contribution in [1.82, 2.24) is 4.98 Å². The van der Waals surface area contributed by atoms with Gasteiger partial charge in [-0.25, -0.2) is 4.39 Å². The summed E-state index contributed by atoms with van der Waals surface area (Å²) in [6.45, 7) is 1.90. The quantitative estimate of drug-likeness (QED) is 0.315. The van der Waals surface area contributed by atoms with Gasteiger partial charge in [0.25, 0.3) is 5.69 Å². The van der Waals surface area contributed by atoms with Crippen LogP contribution in [-0.2, 0) is 4.79 Å². The number of nitro benzene ring substituents is 1. The average Bonchev–Trinajstić information content (AvgIpc) is 2.79. The van der Waals surface area contributed by atoms with E-state index in [1.807, 2.05) is 13.0 Å². The maximum absolute atomic E-state index is 13.8. The third kappa shape index (κ3) is 4.39. The van der Waals surface area contributed by atoms with Crippen molar-refractivity contribution in [3.05, 3.63) is 70.2 Å². The number of rotatable bonds is 5. The number of nitrogens with zero attached hydrogens (tertiary/aromatic N) is 2. The van der Waals surface area contributed by atoms with Gasteiger partial charge in [0, 0.05) is 29.6 Å². The largest absolute Gasteiger partial charge is 0.397 e. The molecule has 3 aromatic rings. The van der Waals surface area contributed by atoms with E-state index >= 15 is 0 Å². The lowest BCUT2D eigenvalue weighted by atomic mass is 9.73. The van der Waals surface area contributed by atoms with E-state index in [4.69, 9.17) is 5.73 Å². The fourth-order valence-corrected chi connectivity index (χ4v) is 4.66. The Morgan fingerprint density at radius 1 is 1.19 bits per heavy atom. The first-order valence-electron chi connectivity index (χ1n) is 10.7.